The molecular formula is C9H10N6O. The highest BCUT2D eigenvalue weighted by Gasteiger charge is 2.09. The van der Waals surface area contributed by atoms with Crippen molar-refractivity contribution in [2.24, 2.45) is 0 Å². The molecule has 2 aromatic rings. The fourth-order valence-corrected chi connectivity index (χ4v) is 1.06. The van der Waals surface area contributed by atoms with E-state index in [9.17, 15) is 4.79 Å². The summed E-state index contributed by atoms with van der Waals surface area (Å²) in [5.74, 6) is -0.131. The van der Waals surface area contributed by atoms with Gasteiger partial charge in [0.25, 0.3) is 5.91 Å². The second-order valence-corrected chi connectivity index (χ2v) is 3.25. The van der Waals surface area contributed by atoms with Crippen LogP contribution in [-0.4, -0.2) is 31.3 Å². The lowest BCUT2D eigenvalue weighted by molar-refractivity contribution is 0.102. The number of hydrogen-bond donors (Lipinski definition) is 2. The van der Waals surface area contributed by atoms with Gasteiger partial charge in [-0.15, -0.1) is 5.10 Å². The minimum atomic E-state index is -0.321. The molecule has 1 amide bonds. The Morgan fingerprint density at radius 2 is 2.12 bits per heavy atom. The number of nitrogens with zero attached hydrogens (tertiary/aromatic N) is 4. The van der Waals surface area contributed by atoms with Crippen LogP contribution in [0.1, 0.15) is 21.7 Å². The van der Waals surface area contributed by atoms with Crippen LogP contribution in [0.15, 0.2) is 12.4 Å². The van der Waals surface area contributed by atoms with E-state index in [1.165, 1.54) is 12.4 Å². The zero-order valence-electron chi connectivity index (χ0n) is 8.85. The third-order valence-corrected chi connectivity index (χ3v) is 2.08. The van der Waals surface area contributed by atoms with Crippen LogP contribution < -0.4 is 5.32 Å². The summed E-state index contributed by atoms with van der Waals surface area (Å²) in [6.45, 7) is 3.61. The van der Waals surface area contributed by atoms with E-state index in [1.807, 2.05) is 0 Å². The van der Waals surface area contributed by atoms with Crippen LogP contribution in [0, 0.1) is 13.8 Å². The van der Waals surface area contributed by atoms with Gasteiger partial charge in [-0.2, -0.15) is 10.2 Å². The third kappa shape index (κ3) is 2.02. The Labute approximate surface area is 91.3 Å². The van der Waals surface area contributed by atoms with Crippen molar-refractivity contribution in [2.45, 2.75) is 13.8 Å². The lowest BCUT2D eigenvalue weighted by Crippen LogP contribution is -2.15. The van der Waals surface area contributed by atoms with Crippen molar-refractivity contribution in [3.63, 3.8) is 0 Å². The molecular weight excluding hydrogens is 208 g/mol. The zero-order valence-corrected chi connectivity index (χ0v) is 8.85. The summed E-state index contributed by atoms with van der Waals surface area (Å²) < 4.78 is 0. The molecule has 0 saturated heterocycles. The van der Waals surface area contributed by atoms with Crippen molar-refractivity contribution in [1.82, 2.24) is 25.4 Å². The average molecular weight is 218 g/mol. The van der Waals surface area contributed by atoms with Crippen LogP contribution >= 0.6 is 0 Å². The van der Waals surface area contributed by atoms with Gasteiger partial charge in [0.15, 0.2) is 0 Å². The lowest BCUT2D eigenvalue weighted by Gasteiger charge is -2.02. The van der Waals surface area contributed by atoms with Gasteiger partial charge in [0, 0.05) is 6.20 Å². The topological polar surface area (TPSA) is 96.5 Å². The van der Waals surface area contributed by atoms with E-state index in [-0.39, 0.29) is 11.9 Å². The van der Waals surface area contributed by atoms with Crippen LogP contribution in [0.5, 0.6) is 0 Å². The molecule has 2 rings (SSSR count). The molecule has 7 heteroatoms. The molecule has 0 bridgehead atoms. The Morgan fingerprint density at radius 3 is 2.75 bits per heavy atom. The first-order valence-corrected chi connectivity index (χ1v) is 4.65. The molecule has 82 valence electrons. The Balaban J connectivity index is 2.15. The molecule has 7 nitrogen and oxygen atoms in total. The summed E-state index contributed by atoms with van der Waals surface area (Å²) in [6, 6.07) is 0. The monoisotopic (exact) mass is 218 g/mol. The Bertz CT molecular complexity index is 507. The summed E-state index contributed by atoms with van der Waals surface area (Å²) in [4.78, 5) is 15.7. The highest BCUT2D eigenvalue weighted by atomic mass is 16.1. The number of amides is 1. The number of aromatic amines is 1. The Hall–Kier alpha value is -2.31. The van der Waals surface area contributed by atoms with Crippen molar-refractivity contribution in [3.05, 3.63) is 29.3 Å². The number of anilines is 1. The van der Waals surface area contributed by atoms with E-state index in [0.717, 1.165) is 11.4 Å². The predicted molar refractivity (Wildman–Crippen MR) is 55.8 cm³/mol. The molecule has 0 spiro atoms. The summed E-state index contributed by atoms with van der Waals surface area (Å²) in [5, 5.41) is 16.4. The maximum atomic E-state index is 11.6. The van der Waals surface area contributed by atoms with Gasteiger partial charge in [0.05, 0.1) is 23.1 Å². The molecule has 0 radical (unpaired) electrons. The van der Waals surface area contributed by atoms with Crippen LogP contribution in [0.2, 0.25) is 0 Å². The van der Waals surface area contributed by atoms with Crippen LogP contribution in [0.25, 0.3) is 0 Å². The maximum Gasteiger partial charge on any atom is 0.261 e. The zero-order chi connectivity index (χ0) is 11.5. The first kappa shape index (κ1) is 10.2. The van der Waals surface area contributed by atoms with Gasteiger partial charge < -0.3 is 0 Å². The third-order valence-electron chi connectivity index (χ3n) is 2.08. The summed E-state index contributed by atoms with van der Waals surface area (Å²) in [5.41, 5.74) is 1.89. The molecule has 0 aliphatic carbocycles. The van der Waals surface area contributed by atoms with Crippen LogP contribution in [-0.2, 0) is 0 Å². The molecule has 0 aliphatic rings. The average Bonchev–Trinajstić information content (AvgIpc) is 2.77. The van der Waals surface area contributed by atoms with Gasteiger partial charge in [-0.1, -0.05) is 0 Å². The number of carbonyl (C=O) groups excluding carboxylic acids is 1. The SMILES string of the molecule is Cc1nnc(NC(=O)c2cn[nH]c2)nc1C. The Kier molecular flexibility index (Phi) is 2.59. The molecule has 0 atom stereocenters. The van der Waals surface area contributed by atoms with Gasteiger partial charge in [0.1, 0.15) is 0 Å². The minimum absolute atomic E-state index is 0.189. The van der Waals surface area contributed by atoms with E-state index < -0.39 is 0 Å². The minimum Gasteiger partial charge on any atom is -0.289 e. The van der Waals surface area contributed by atoms with Crippen molar-refractivity contribution >= 4 is 11.9 Å². The van der Waals surface area contributed by atoms with E-state index >= 15 is 0 Å². The van der Waals surface area contributed by atoms with Gasteiger partial charge in [-0.05, 0) is 13.8 Å². The lowest BCUT2D eigenvalue weighted by atomic mass is 10.3. The Morgan fingerprint density at radius 1 is 1.31 bits per heavy atom. The van der Waals surface area contributed by atoms with Crippen molar-refractivity contribution < 1.29 is 4.79 Å². The fraction of sp³-hybridized carbons (Fsp3) is 0.222. The quantitative estimate of drug-likeness (QED) is 0.763. The normalized spacial score (nSPS) is 10.1. The number of aryl methyl sites for hydroxylation is 2. The van der Waals surface area contributed by atoms with E-state index in [1.54, 1.807) is 13.8 Å². The molecule has 16 heavy (non-hydrogen) atoms. The second-order valence-electron chi connectivity index (χ2n) is 3.25. The molecule has 0 fully saturated rings. The van der Waals surface area contributed by atoms with E-state index in [4.69, 9.17) is 0 Å². The number of hydrogen-bond acceptors (Lipinski definition) is 5. The van der Waals surface area contributed by atoms with E-state index in [0.29, 0.717) is 5.56 Å². The molecule has 0 saturated carbocycles. The van der Waals surface area contributed by atoms with Gasteiger partial charge in [0.2, 0.25) is 5.95 Å². The van der Waals surface area contributed by atoms with Crippen LogP contribution in [0.3, 0.4) is 0 Å². The molecule has 0 aliphatic heterocycles. The predicted octanol–water partition coefficient (Wildman–Crippen LogP) is 0.464. The van der Waals surface area contributed by atoms with Gasteiger partial charge in [-0.25, -0.2) is 4.98 Å². The summed E-state index contributed by atoms with van der Waals surface area (Å²) >= 11 is 0. The molecule has 2 heterocycles. The first-order valence-electron chi connectivity index (χ1n) is 4.65. The fourth-order valence-electron chi connectivity index (χ4n) is 1.06. The number of rotatable bonds is 2. The summed E-state index contributed by atoms with van der Waals surface area (Å²) in [6.07, 6.45) is 2.91. The second kappa shape index (κ2) is 4.05. The van der Waals surface area contributed by atoms with E-state index in [2.05, 4.69) is 30.7 Å². The number of H-pyrrole nitrogens is 1. The van der Waals surface area contributed by atoms with Gasteiger partial charge >= 0.3 is 0 Å². The van der Waals surface area contributed by atoms with Gasteiger partial charge in [-0.3, -0.25) is 15.2 Å². The molecule has 0 aromatic carbocycles. The van der Waals surface area contributed by atoms with Crippen molar-refractivity contribution in [3.8, 4) is 0 Å². The van der Waals surface area contributed by atoms with Crippen LogP contribution in [0.4, 0.5) is 5.95 Å². The smallest absolute Gasteiger partial charge is 0.261 e. The molecule has 0 unspecified atom stereocenters. The number of carbonyl (C=O) groups is 1. The largest absolute Gasteiger partial charge is 0.289 e. The number of aromatic nitrogens is 5. The standard InChI is InChI=1S/C9H10N6O/c1-5-6(2)14-15-9(12-5)13-8(16)7-3-10-11-4-7/h3-4H,1-2H3,(H,10,11)(H,12,13,15,16). The summed E-state index contributed by atoms with van der Waals surface area (Å²) in [7, 11) is 0. The molecule has 2 N–H and O–H groups in total. The number of nitrogens with one attached hydrogen (secondary N) is 2. The van der Waals surface area contributed by atoms with Crippen molar-refractivity contribution in [1.29, 1.82) is 0 Å². The van der Waals surface area contributed by atoms with Crippen molar-refractivity contribution in [2.75, 3.05) is 5.32 Å². The molecule has 2 aromatic heterocycles. The first-order chi connectivity index (χ1) is 7.66. The maximum absolute atomic E-state index is 11.6. The highest BCUT2D eigenvalue weighted by molar-refractivity contribution is 6.02. The highest BCUT2D eigenvalue weighted by Crippen LogP contribution is 2.04.